The Balaban J connectivity index is 2.26. The number of rotatable bonds is 4. The zero-order valence-electron chi connectivity index (χ0n) is 11.0. The lowest BCUT2D eigenvalue weighted by Crippen LogP contribution is -2.39. The van der Waals surface area contributed by atoms with Crippen LogP contribution in [0.2, 0.25) is 0 Å². The molecule has 0 spiro atoms. The van der Waals surface area contributed by atoms with Gasteiger partial charge in [-0.15, -0.1) is 0 Å². The predicted octanol–water partition coefficient (Wildman–Crippen LogP) is 3.12. The highest BCUT2D eigenvalue weighted by Gasteiger charge is 2.32. The first-order valence-electron chi connectivity index (χ1n) is 6.75. The van der Waals surface area contributed by atoms with Crippen LogP contribution in [-0.2, 0) is 5.41 Å². The molecule has 0 amide bonds. The smallest absolute Gasteiger partial charge is 0.119 e. The molecule has 1 aromatic rings. The van der Waals surface area contributed by atoms with Crippen molar-refractivity contribution in [1.82, 2.24) is 5.32 Å². The number of benzene rings is 1. The lowest BCUT2D eigenvalue weighted by atomic mass is 9.71. The van der Waals surface area contributed by atoms with Crippen LogP contribution in [0.25, 0.3) is 0 Å². The van der Waals surface area contributed by atoms with Crippen molar-refractivity contribution in [3.05, 3.63) is 29.8 Å². The van der Waals surface area contributed by atoms with Gasteiger partial charge in [0.05, 0.1) is 6.61 Å². The van der Waals surface area contributed by atoms with E-state index in [0.717, 1.165) is 25.4 Å². The highest BCUT2D eigenvalue weighted by Crippen LogP contribution is 2.37. The van der Waals surface area contributed by atoms with E-state index in [1.165, 1.54) is 24.8 Å². The summed E-state index contributed by atoms with van der Waals surface area (Å²) in [5.74, 6) is 1.01. The Hall–Kier alpha value is -1.02. The first kappa shape index (κ1) is 12.4. The molecule has 0 bridgehead atoms. The summed E-state index contributed by atoms with van der Waals surface area (Å²) in [6.45, 7) is 7.34. The average molecular weight is 233 g/mol. The van der Waals surface area contributed by atoms with Crippen molar-refractivity contribution in [3.63, 3.8) is 0 Å². The van der Waals surface area contributed by atoms with E-state index < -0.39 is 0 Å². The van der Waals surface area contributed by atoms with Crippen LogP contribution < -0.4 is 10.1 Å². The van der Waals surface area contributed by atoms with E-state index in [-0.39, 0.29) is 0 Å². The van der Waals surface area contributed by atoms with Crippen molar-refractivity contribution in [2.45, 2.75) is 38.5 Å². The number of hydrogen-bond donors (Lipinski definition) is 1. The molecule has 1 fully saturated rings. The summed E-state index contributed by atoms with van der Waals surface area (Å²) in [6, 6.07) is 8.67. The topological polar surface area (TPSA) is 21.3 Å². The molecule has 0 atom stereocenters. The fourth-order valence-corrected chi connectivity index (χ4v) is 2.83. The van der Waals surface area contributed by atoms with Gasteiger partial charge < -0.3 is 10.1 Å². The third-order valence-corrected chi connectivity index (χ3v) is 3.99. The van der Waals surface area contributed by atoms with Gasteiger partial charge in [0.25, 0.3) is 0 Å². The van der Waals surface area contributed by atoms with Crippen molar-refractivity contribution < 1.29 is 4.74 Å². The van der Waals surface area contributed by atoms with Crippen molar-refractivity contribution >= 4 is 0 Å². The maximum Gasteiger partial charge on any atom is 0.119 e. The zero-order valence-corrected chi connectivity index (χ0v) is 11.0. The molecule has 1 aliphatic rings. The molecule has 0 saturated carbocycles. The molecule has 0 radical (unpaired) electrons. The van der Waals surface area contributed by atoms with E-state index in [2.05, 4.69) is 36.5 Å². The lowest BCUT2D eigenvalue weighted by molar-refractivity contribution is 0.294. The molecule has 1 aromatic carbocycles. The Morgan fingerprint density at radius 3 is 2.65 bits per heavy atom. The maximum atomic E-state index is 5.61. The van der Waals surface area contributed by atoms with E-state index in [4.69, 9.17) is 4.74 Å². The van der Waals surface area contributed by atoms with E-state index in [0.29, 0.717) is 5.41 Å². The third-order valence-electron chi connectivity index (χ3n) is 3.99. The number of nitrogens with one attached hydrogen (secondary N) is 1. The van der Waals surface area contributed by atoms with Crippen LogP contribution in [0.1, 0.15) is 38.7 Å². The summed E-state index contributed by atoms with van der Waals surface area (Å²) < 4.78 is 5.61. The van der Waals surface area contributed by atoms with Crippen LogP contribution in [0.3, 0.4) is 0 Å². The Labute approximate surface area is 104 Å². The molecular formula is C15H23NO. The third kappa shape index (κ3) is 2.63. The molecule has 94 valence electrons. The summed E-state index contributed by atoms with van der Waals surface area (Å²) in [5.41, 5.74) is 1.81. The van der Waals surface area contributed by atoms with Crippen LogP contribution in [-0.4, -0.2) is 19.7 Å². The standard InChI is InChI=1S/C15H23NO/c1-3-15(8-10-16-11-9-15)13-6-5-7-14(12-13)17-4-2/h5-7,12,16H,3-4,8-11H2,1-2H3. The molecule has 0 aliphatic carbocycles. The van der Waals surface area contributed by atoms with Gasteiger partial charge in [0.1, 0.15) is 5.75 Å². The van der Waals surface area contributed by atoms with Crippen LogP contribution in [0.5, 0.6) is 5.75 Å². The van der Waals surface area contributed by atoms with Gasteiger partial charge in [-0.3, -0.25) is 0 Å². The van der Waals surface area contributed by atoms with Gasteiger partial charge >= 0.3 is 0 Å². The van der Waals surface area contributed by atoms with Gasteiger partial charge in [-0.1, -0.05) is 19.1 Å². The van der Waals surface area contributed by atoms with Crippen molar-refractivity contribution in [2.24, 2.45) is 0 Å². The van der Waals surface area contributed by atoms with Gasteiger partial charge in [0, 0.05) is 0 Å². The minimum Gasteiger partial charge on any atom is -0.494 e. The van der Waals surface area contributed by atoms with Gasteiger partial charge in [0.2, 0.25) is 0 Å². The molecule has 2 heteroatoms. The predicted molar refractivity (Wildman–Crippen MR) is 71.7 cm³/mol. The molecule has 1 heterocycles. The monoisotopic (exact) mass is 233 g/mol. The molecule has 0 aromatic heterocycles. The SMILES string of the molecule is CCOc1cccc(C2(CC)CCNCC2)c1. The van der Waals surface area contributed by atoms with Crippen molar-refractivity contribution in [2.75, 3.05) is 19.7 Å². The van der Waals surface area contributed by atoms with E-state index >= 15 is 0 Å². The molecule has 2 rings (SSSR count). The Morgan fingerprint density at radius 2 is 2.00 bits per heavy atom. The number of piperidine rings is 1. The summed E-state index contributed by atoms with van der Waals surface area (Å²) in [4.78, 5) is 0. The van der Waals surface area contributed by atoms with Crippen LogP contribution in [0.15, 0.2) is 24.3 Å². The van der Waals surface area contributed by atoms with Crippen LogP contribution >= 0.6 is 0 Å². The molecule has 17 heavy (non-hydrogen) atoms. The van der Waals surface area contributed by atoms with Gasteiger partial charge in [0.15, 0.2) is 0 Å². The largest absolute Gasteiger partial charge is 0.494 e. The van der Waals surface area contributed by atoms with Gasteiger partial charge in [-0.2, -0.15) is 0 Å². The van der Waals surface area contributed by atoms with Gasteiger partial charge in [-0.05, 0) is 62.4 Å². The Morgan fingerprint density at radius 1 is 1.24 bits per heavy atom. The van der Waals surface area contributed by atoms with E-state index in [1.54, 1.807) is 0 Å². The fourth-order valence-electron chi connectivity index (χ4n) is 2.83. The van der Waals surface area contributed by atoms with Crippen molar-refractivity contribution in [3.8, 4) is 5.75 Å². The second kappa shape index (κ2) is 5.54. The maximum absolute atomic E-state index is 5.61. The zero-order chi connectivity index (χ0) is 12.1. The second-order valence-electron chi connectivity index (χ2n) is 4.84. The lowest BCUT2D eigenvalue weighted by Gasteiger charge is -2.37. The highest BCUT2D eigenvalue weighted by atomic mass is 16.5. The quantitative estimate of drug-likeness (QED) is 0.862. The fraction of sp³-hybridized carbons (Fsp3) is 0.600. The summed E-state index contributed by atoms with van der Waals surface area (Å²) in [6.07, 6.45) is 3.68. The Kier molecular flexibility index (Phi) is 4.06. The number of ether oxygens (including phenoxy) is 1. The van der Waals surface area contributed by atoms with Crippen LogP contribution in [0, 0.1) is 0 Å². The summed E-state index contributed by atoms with van der Waals surface area (Å²) in [7, 11) is 0. The molecule has 2 nitrogen and oxygen atoms in total. The molecule has 0 unspecified atom stereocenters. The van der Waals surface area contributed by atoms with Crippen molar-refractivity contribution in [1.29, 1.82) is 0 Å². The second-order valence-corrected chi connectivity index (χ2v) is 4.84. The summed E-state index contributed by atoms with van der Waals surface area (Å²) >= 11 is 0. The highest BCUT2D eigenvalue weighted by molar-refractivity contribution is 5.34. The number of hydrogen-bond acceptors (Lipinski definition) is 2. The molecular weight excluding hydrogens is 210 g/mol. The first-order valence-corrected chi connectivity index (χ1v) is 6.75. The minimum atomic E-state index is 0.359. The van der Waals surface area contributed by atoms with E-state index in [9.17, 15) is 0 Å². The minimum absolute atomic E-state index is 0.359. The average Bonchev–Trinajstić information content (AvgIpc) is 2.40. The van der Waals surface area contributed by atoms with E-state index in [1.807, 2.05) is 6.92 Å². The molecule has 1 saturated heterocycles. The Bertz CT molecular complexity index is 356. The van der Waals surface area contributed by atoms with Gasteiger partial charge in [-0.25, -0.2) is 0 Å². The molecule has 1 N–H and O–H groups in total. The normalized spacial score (nSPS) is 18.9. The summed E-state index contributed by atoms with van der Waals surface area (Å²) in [5, 5.41) is 3.45. The molecule has 1 aliphatic heterocycles. The van der Waals surface area contributed by atoms with Crippen LogP contribution in [0.4, 0.5) is 0 Å². The first-order chi connectivity index (χ1) is 8.30.